The number of nitrogens with zero attached hydrogens (tertiary/aromatic N) is 2. The Kier molecular flexibility index (Phi) is 4.80. The van der Waals surface area contributed by atoms with Crippen LogP contribution in [0.15, 0.2) is 24.3 Å². The first kappa shape index (κ1) is 15.3. The van der Waals surface area contributed by atoms with Crippen LogP contribution in [-0.2, 0) is 9.59 Å². The van der Waals surface area contributed by atoms with Crippen molar-refractivity contribution in [2.45, 2.75) is 13.0 Å². The summed E-state index contributed by atoms with van der Waals surface area (Å²) >= 11 is 0. The van der Waals surface area contributed by atoms with E-state index in [-0.39, 0.29) is 31.4 Å². The summed E-state index contributed by atoms with van der Waals surface area (Å²) in [6.45, 7) is 2.51. The molecule has 0 radical (unpaired) electrons. The summed E-state index contributed by atoms with van der Waals surface area (Å²) in [6.07, 6.45) is -0.882. The van der Waals surface area contributed by atoms with Gasteiger partial charge in [-0.15, -0.1) is 0 Å². The van der Waals surface area contributed by atoms with Gasteiger partial charge in [-0.2, -0.15) is 0 Å². The lowest BCUT2D eigenvalue weighted by Crippen LogP contribution is -2.53. The molecule has 1 aliphatic rings. The molecule has 1 saturated heterocycles. The van der Waals surface area contributed by atoms with E-state index in [1.165, 1.54) is 9.80 Å². The number of hydrogen-bond acceptors (Lipinski definition) is 4. The van der Waals surface area contributed by atoms with Crippen molar-refractivity contribution in [3.63, 3.8) is 0 Å². The van der Waals surface area contributed by atoms with Gasteiger partial charge in [-0.3, -0.25) is 9.59 Å². The van der Waals surface area contributed by atoms with Crippen LogP contribution in [0.4, 0.5) is 0 Å². The molecule has 0 bridgehead atoms. The summed E-state index contributed by atoms with van der Waals surface area (Å²) in [5, 5.41) is 10.4. The molecule has 1 heterocycles. The minimum absolute atomic E-state index is 0.00317. The van der Waals surface area contributed by atoms with E-state index in [2.05, 4.69) is 0 Å². The molecular weight excluding hydrogens is 272 g/mol. The van der Waals surface area contributed by atoms with Gasteiger partial charge in [0.25, 0.3) is 0 Å². The van der Waals surface area contributed by atoms with E-state index in [0.29, 0.717) is 17.9 Å². The number of hydrogen-bond donors (Lipinski definition) is 1. The molecular formula is C15H20N2O4. The van der Waals surface area contributed by atoms with Gasteiger partial charge in [0.1, 0.15) is 11.9 Å². The van der Waals surface area contributed by atoms with Gasteiger partial charge in [-0.05, 0) is 13.0 Å². The number of ether oxygens (including phenoxy) is 1. The molecule has 0 aliphatic carbocycles. The van der Waals surface area contributed by atoms with Gasteiger partial charge in [-0.25, -0.2) is 0 Å². The van der Waals surface area contributed by atoms with Crippen molar-refractivity contribution in [1.29, 1.82) is 0 Å². The maximum Gasteiger partial charge on any atom is 0.242 e. The van der Waals surface area contributed by atoms with Crippen molar-refractivity contribution in [3.05, 3.63) is 29.8 Å². The molecule has 0 saturated carbocycles. The van der Waals surface area contributed by atoms with Crippen molar-refractivity contribution in [3.8, 4) is 5.75 Å². The van der Waals surface area contributed by atoms with Crippen LogP contribution in [0, 0.1) is 0 Å². The predicted octanol–water partition coefficient (Wildman–Crippen LogP) is 0.419. The van der Waals surface area contributed by atoms with Crippen LogP contribution in [0.1, 0.15) is 18.6 Å². The third-order valence-electron chi connectivity index (χ3n) is 3.45. The van der Waals surface area contributed by atoms with Crippen molar-refractivity contribution in [2.75, 3.05) is 33.3 Å². The van der Waals surface area contributed by atoms with Gasteiger partial charge in [-0.1, -0.05) is 18.2 Å². The Morgan fingerprint density at radius 1 is 1.24 bits per heavy atom. The predicted molar refractivity (Wildman–Crippen MR) is 76.8 cm³/mol. The first-order valence-electron chi connectivity index (χ1n) is 6.94. The fraction of sp³-hybridized carbons (Fsp3) is 0.467. The number of amides is 2. The maximum absolute atomic E-state index is 11.9. The van der Waals surface area contributed by atoms with Crippen molar-refractivity contribution < 1.29 is 19.4 Å². The Bertz CT molecular complexity index is 532. The van der Waals surface area contributed by atoms with Crippen LogP contribution in [0.2, 0.25) is 0 Å². The number of piperazine rings is 1. The summed E-state index contributed by atoms with van der Waals surface area (Å²) in [5.74, 6) is 0.310. The van der Waals surface area contributed by atoms with Gasteiger partial charge in [0, 0.05) is 12.6 Å². The molecule has 114 valence electrons. The zero-order valence-electron chi connectivity index (χ0n) is 12.3. The van der Waals surface area contributed by atoms with Crippen LogP contribution in [-0.4, -0.2) is 60.0 Å². The molecule has 1 fully saturated rings. The number of benzene rings is 1. The highest BCUT2D eigenvalue weighted by Gasteiger charge is 2.29. The lowest BCUT2D eigenvalue weighted by Gasteiger charge is -2.33. The number of carbonyl (C=O) groups excluding carboxylic acids is 2. The monoisotopic (exact) mass is 292 g/mol. The summed E-state index contributed by atoms with van der Waals surface area (Å²) in [7, 11) is 1.60. The molecule has 1 aromatic carbocycles. The zero-order chi connectivity index (χ0) is 15.4. The smallest absolute Gasteiger partial charge is 0.242 e. The molecule has 1 unspecified atom stereocenters. The quantitative estimate of drug-likeness (QED) is 0.854. The van der Waals surface area contributed by atoms with Crippen LogP contribution >= 0.6 is 0 Å². The van der Waals surface area contributed by atoms with Crippen LogP contribution in [0.5, 0.6) is 5.75 Å². The van der Waals surface area contributed by atoms with E-state index in [9.17, 15) is 14.7 Å². The number of aliphatic hydroxyl groups is 1. The topological polar surface area (TPSA) is 70.1 Å². The molecule has 0 spiro atoms. The normalized spacial score (nSPS) is 17.1. The Labute approximate surface area is 123 Å². The van der Waals surface area contributed by atoms with E-state index >= 15 is 0 Å². The number of rotatable bonds is 5. The van der Waals surface area contributed by atoms with Gasteiger partial charge in [0.05, 0.1) is 26.2 Å². The Morgan fingerprint density at radius 3 is 2.67 bits per heavy atom. The second kappa shape index (κ2) is 6.58. The Balaban J connectivity index is 2.09. The van der Waals surface area contributed by atoms with Crippen molar-refractivity contribution in [2.24, 2.45) is 0 Å². The molecule has 0 aromatic heterocycles. The molecule has 1 N–H and O–H groups in total. The summed E-state index contributed by atoms with van der Waals surface area (Å²) in [4.78, 5) is 26.4. The number of aliphatic hydroxyl groups excluding tert-OH is 1. The second-order valence-corrected chi connectivity index (χ2v) is 5.01. The van der Waals surface area contributed by atoms with Gasteiger partial charge >= 0.3 is 0 Å². The van der Waals surface area contributed by atoms with Gasteiger partial charge < -0.3 is 19.6 Å². The molecule has 21 heavy (non-hydrogen) atoms. The van der Waals surface area contributed by atoms with E-state index in [1.54, 1.807) is 25.2 Å². The molecule has 6 heteroatoms. The first-order chi connectivity index (χ1) is 10.0. The lowest BCUT2D eigenvalue weighted by molar-refractivity contribution is -0.150. The van der Waals surface area contributed by atoms with Gasteiger partial charge in [0.2, 0.25) is 11.8 Å². The standard InChI is InChI=1S/C15H20N2O4/c1-3-21-13-7-5-4-6-11(13)12(18)8-17-10-14(19)16(2)9-15(17)20/h4-7,12,18H,3,8-10H2,1-2H3. The molecule has 2 rings (SSSR count). The maximum atomic E-state index is 11.9. The van der Waals surface area contributed by atoms with E-state index in [1.807, 2.05) is 13.0 Å². The summed E-state index contributed by atoms with van der Waals surface area (Å²) in [6, 6.07) is 7.17. The van der Waals surface area contributed by atoms with Crippen molar-refractivity contribution in [1.82, 2.24) is 9.80 Å². The average Bonchev–Trinajstić information content (AvgIpc) is 2.45. The minimum Gasteiger partial charge on any atom is -0.493 e. The third-order valence-corrected chi connectivity index (χ3v) is 3.45. The van der Waals surface area contributed by atoms with Crippen LogP contribution < -0.4 is 4.74 Å². The van der Waals surface area contributed by atoms with E-state index in [0.717, 1.165) is 0 Å². The van der Waals surface area contributed by atoms with E-state index in [4.69, 9.17) is 4.74 Å². The SMILES string of the molecule is CCOc1ccccc1C(O)CN1CC(=O)N(C)CC1=O. The highest BCUT2D eigenvalue weighted by Crippen LogP contribution is 2.26. The fourth-order valence-electron chi connectivity index (χ4n) is 2.28. The molecule has 6 nitrogen and oxygen atoms in total. The molecule has 1 aliphatic heterocycles. The highest BCUT2D eigenvalue weighted by atomic mass is 16.5. The molecule has 1 atom stereocenters. The fourth-order valence-corrected chi connectivity index (χ4v) is 2.28. The average molecular weight is 292 g/mol. The first-order valence-corrected chi connectivity index (χ1v) is 6.94. The molecule has 1 aromatic rings. The highest BCUT2D eigenvalue weighted by molar-refractivity contribution is 5.92. The van der Waals surface area contributed by atoms with Crippen LogP contribution in [0.3, 0.4) is 0 Å². The van der Waals surface area contributed by atoms with Crippen LogP contribution in [0.25, 0.3) is 0 Å². The Hall–Kier alpha value is -2.08. The summed E-state index contributed by atoms with van der Waals surface area (Å²) < 4.78 is 5.47. The number of β-amino-alcohol motifs (C(OH)–C–C–N with tert-alkyl or cyclic N) is 1. The second-order valence-electron chi connectivity index (χ2n) is 5.01. The van der Waals surface area contributed by atoms with Crippen molar-refractivity contribution >= 4 is 11.8 Å². The lowest BCUT2D eigenvalue weighted by atomic mass is 10.1. The third kappa shape index (κ3) is 3.52. The number of carbonyl (C=O) groups is 2. The Morgan fingerprint density at radius 2 is 1.95 bits per heavy atom. The van der Waals surface area contributed by atoms with E-state index < -0.39 is 6.10 Å². The largest absolute Gasteiger partial charge is 0.493 e. The summed E-state index contributed by atoms with van der Waals surface area (Å²) in [5.41, 5.74) is 0.624. The number of para-hydroxylation sites is 1. The zero-order valence-corrected chi connectivity index (χ0v) is 12.3. The van der Waals surface area contributed by atoms with Gasteiger partial charge in [0.15, 0.2) is 0 Å². The minimum atomic E-state index is -0.882. The molecule has 2 amide bonds. The number of likely N-dealkylation sites (N-methyl/N-ethyl adjacent to an activating group) is 1.